The van der Waals surface area contributed by atoms with E-state index < -0.39 is 17.9 Å². The lowest BCUT2D eigenvalue weighted by atomic mass is 9.96. The summed E-state index contributed by atoms with van der Waals surface area (Å²) < 4.78 is 0. The third-order valence-electron chi connectivity index (χ3n) is 6.84. The molecule has 4 aromatic rings. The Morgan fingerprint density at radius 1 is 1.16 bits per heavy atom. The molecular formula is C29H24Cl2N8O4. The van der Waals surface area contributed by atoms with E-state index in [-0.39, 0.29) is 40.6 Å². The zero-order valence-electron chi connectivity index (χ0n) is 22.4. The van der Waals surface area contributed by atoms with Crippen LogP contribution in [-0.2, 0) is 17.8 Å². The minimum absolute atomic E-state index is 0.00938. The van der Waals surface area contributed by atoms with Gasteiger partial charge in [-0.25, -0.2) is 9.79 Å². The average Bonchev–Trinajstić information content (AvgIpc) is 3.47. The highest BCUT2D eigenvalue weighted by molar-refractivity contribution is 6.40. The number of aliphatic imine (C=N–C) groups is 1. The van der Waals surface area contributed by atoms with Gasteiger partial charge in [-0.15, -0.1) is 0 Å². The first-order chi connectivity index (χ1) is 20.7. The van der Waals surface area contributed by atoms with E-state index in [1.807, 2.05) is 12.1 Å². The Hall–Kier alpha value is -5.12. The minimum atomic E-state index is -1.45. The van der Waals surface area contributed by atoms with Gasteiger partial charge in [0.1, 0.15) is 6.04 Å². The second kappa shape index (κ2) is 12.8. The predicted molar refractivity (Wildman–Crippen MR) is 162 cm³/mol. The molecule has 12 nitrogen and oxygen atoms in total. The molecule has 5 rings (SSSR count). The average molecular weight is 619 g/mol. The molecule has 14 heteroatoms. The maximum Gasteiger partial charge on any atom is 0.328 e. The van der Waals surface area contributed by atoms with Crippen LogP contribution < -0.4 is 16.1 Å². The number of anilines is 1. The van der Waals surface area contributed by atoms with Crippen LogP contribution in [0.25, 0.3) is 15.9 Å². The molecule has 218 valence electrons. The van der Waals surface area contributed by atoms with Crippen LogP contribution in [0.15, 0.2) is 65.8 Å². The molecule has 0 saturated carbocycles. The van der Waals surface area contributed by atoms with E-state index in [0.717, 1.165) is 10.9 Å². The van der Waals surface area contributed by atoms with Gasteiger partial charge in [0.25, 0.3) is 17.8 Å². The molecule has 43 heavy (non-hydrogen) atoms. The predicted octanol–water partition coefficient (Wildman–Crippen LogP) is 4.14. The number of halogens is 2. The molecule has 0 fully saturated rings. The lowest BCUT2D eigenvalue weighted by Gasteiger charge is -2.30. The van der Waals surface area contributed by atoms with E-state index in [1.165, 1.54) is 0 Å². The number of hydrogen-bond acceptors (Lipinski definition) is 5. The maximum atomic E-state index is 13.2. The van der Waals surface area contributed by atoms with Crippen LogP contribution in [0.2, 0.25) is 10.0 Å². The number of nitrogens with zero attached hydrogens (tertiary/aromatic N) is 4. The number of nitrogens with one attached hydrogen (secondary N) is 4. The Labute approximate surface area is 255 Å². The largest absolute Gasteiger partial charge is 0.480 e. The smallest absolute Gasteiger partial charge is 0.328 e. The summed E-state index contributed by atoms with van der Waals surface area (Å²) in [6.07, 6.45) is 2.05. The summed E-state index contributed by atoms with van der Waals surface area (Å²) in [4.78, 5) is 47.3. The van der Waals surface area contributed by atoms with Crippen LogP contribution in [-0.4, -0.2) is 63.1 Å². The van der Waals surface area contributed by atoms with Gasteiger partial charge in [0.2, 0.25) is 0 Å². The number of carboxylic acids is 1. The van der Waals surface area contributed by atoms with E-state index in [1.54, 1.807) is 53.6 Å². The van der Waals surface area contributed by atoms with Crippen molar-refractivity contribution in [2.24, 2.45) is 4.99 Å². The number of carboxylic acid groups (broad SMARTS) is 1. The molecular weight excluding hydrogens is 595 g/mol. The van der Waals surface area contributed by atoms with Gasteiger partial charge in [-0.1, -0.05) is 52.9 Å². The summed E-state index contributed by atoms with van der Waals surface area (Å²) in [5.74, 6) is -2.29. The summed E-state index contributed by atoms with van der Waals surface area (Å²) >= 11 is 13.2. The van der Waals surface area contributed by atoms with Crippen molar-refractivity contribution in [1.29, 1.82) is 0 Å². The van der Waals surface area contributed by atoms with Gasteiger partial charge < -0.3 is 20.6 Å². The number of rotatable bonds is 7. The minimum Gasteiger partial charge on any atom is -0.480 e. The van der Waals surface area contributed by atoms with Gasteiger partial charge >= 0.3 is 5.97 Å². The first-order valence-corrected chi connectivity index (χ1v) is 13.8. The highest BCUT2D eigenvalue weighted by Crippen LogP contribution is 2.35. The Balaban J connectivity index is 1.31. The summed E-state index contributed by atoms with van der Waals surface area (Å²) in [7, 11) is 0. The molecule has 1 aliphatic heterocycles. The summed E-state index contributed by atoms with van der Waals surface area (Å²) in [5.41, 5.74) is 5.50. The van der Waals surface area contributed by atoms with Crippen molar-refractivity contribution in [3.63, 3.8) is 0 Å². The second-order valence-corrected chi connectivity index (χ2v) is 10.4. The number of guanidine groups is 1. The summed E-state index contributed by atoms with van der Waals surface area (Å²) in [6.45, 7) is 7.27. The quantitative estimate of drug-likeness (QED) is 0.0901. The standard InChI is InChI=1S/C29H24Cl2N8O4/c1-32-38-29(35-19-5-3-2-4-6-19)33-14-23(28(42)43)36-26(40)24-21(30)11-18-15-39(10-9-20(18)25(24)31)27(41)16-7-8-17-13-34-37-22(17)12-16/h2-8,11-13,23H,9-10,14-15H2,(H,34,37)(H,36,40)(H,42,43)(H2,33,35,38)/t23-/m0/s1. The molecule has 2 amide bonds. The van der Waals surface area contributed by atoms with Gasteiger partial charge in [-0.3, -0.25) is 14.7 Å². The van der Waals surface area contributed by atoms with Crippen LogP contribution in [0.5, 0.6) is 0 Å². The fourth-order valence-electron chi connectivity index (χ4n) is 4.70. The van der Waals surface area contributed by atoms with Crippen molar-refractivity contribution in [3.8, 4) is 0 Å². The molecule has 1 aliphatic rings. The molecule has 0 radical (unpaired) electrons. The number of carbonyl (C=O) groups is 3. The molecule has 2 heterocycles. The van der Waals surface area contributed by atoms with Crippen LogP contribution in [0.3, 0.4) is 0 Å². The van der Waals surface area contributed by atoms with Crippen molar-refractivity contribution in [3.05, 3.63) is 105 Å². The first-order valence-electron chi connectivity index (χ1n) is 13.0. The number of benzene rings is 3. The molecule has 5 N–H and O–H groups in total. The zero-order chi connectivity index (χ0) is 30.5. The first kappa shape index (κ1) is 29.4. The van der Waals surface area contributed by atoms with Gasteiger partial charge in [0, 0.05) is 29.7 Å². The van der Waals surface area contributed by atoms with Gasteiger partial charge in [0.05, 0.1) is 33.9 Å². The number of para-hydroxylation sites is 1. The zero-order valence-corrected chi connectivity index (χ0v) is 23.9. The maximum absolute atomic E-state index is 13.2. The number of carbonyl (C=O) groups excluding carboxylic acids is 2. The van der Waals surface area contributed by atoms with E-state index in [2.05, 4.69) is 36.2 Å². The molecule has 0 aliphatic carbocycles. The number of H-pyrrole nitrogens is 1. The van der Waals surface area contributed by atoms with E-state index in [4.69, 9.17) is 29.8 Å². The number of fused-ring (bicyclic) bond motifs is 2. The number of amides is 2. The molecule has 1 aromatic heterocycles. The van der Waals surface area contributed by atoms with Gasteiger partial charge in [-0.05, 0) is 47.9 Å². The van der Waals surface area contributed by atoms with Gasteiger partial charge in [-0.2, -0.15) is 16.6 Å². The normalized spacial score (nSPS) is 13.5. The Bertz CT molecular complexity index is 1780. The molecule has 0 bridgehead atoms. The van der Waals surface area contributed by atoms with E-state index in [9.17, 15) is 19.5 Å². The van der Waals surface area contributed by atoms with Crippen molar-refractivity contribution < 1.29 is 19.5 Å². The molecule has 0 saturated heterocycles. The Kier molecular flexibility index (Phi) is 8.75. The highest BCUT2D eigenvalue weighted by Gasteiger charge is 2.29. The molecule has 0 unspecified atom stereocenters. The number of aromatic nitrogens is 2. The van der Waals surface area contributed by atoms with Crippen molar-refractivity contribution in [2.75, 3.05) is 18.4 Å². The van der Waals surface area contributed by atoms with Crippen LogP contribution in [0.1, 0.15) is 31.8 Å². The fourth-order valence-corrected chi connectivity index (χ4v) is 5.46. The Morgan fingerprint density at radius 2 is 1.95 bits per heavy atom. The van der Waals surface area contributed by atoms with E-state index in [0.29, 0.717) is 35.3 Å². The monoisotopic (exact) mass is 618 g/mol. The van der Waals surface area contributed by atoms with Crippen molar-refractivity contribution in [2.45, 2.75) is 19.0 Å². The van der Waals surface area contributed by atoms with Crippen LogP contribution >= 0.6 is 23.2 Å². The van der Waals surface area contributed by atoms with Crippen molar-refractivity contribution >= 4 is 63.5 Å². The lowest BCUT2D eigenvalue weighted by molar-refractivity contribution is -0.138. The molecule has 0 spiro atoms. The van der Waals surface area contributed by atoms with Crippen LogP contribution in [0, 0.1) is 6.57 Å². The number of hydrogen-bond donors (Lipinski definition) is 5. The summed E-state index contributed by atoms with van der Waals surface area (Å²) in [6, 6.07) is 14.3. The van der Waals surface area contributed by atoms with Crippen LogP contribution in [0.4, 0.5) is 5.69 Å². The number of aromatic amines is 1. The third kappa shape index (κ3) is 6.53. The highest BCUT2D eigenvalue weighted by atomic mass is 35.5. The SMILES string of the molecule is [C-]#[N+]NC(=NC[C@H](NC(=O)c1c(Cl)cc2c(c1Cl)CCN(C(=O)c1ccc3cn[nH]c3c1)C2)C(=O)O)Nc1ccccc1. The van der Waals surface area contributed by atoms with E-state index >= 15 is 0 Å². The number of aliphatic carboxylic acids is 1. The fraction of sp³-hybridized carbons (Fsp3) is 0.172. The second-order valence-electron chi connectivity index (χ2n) is 9.60. The van der Waals surface area contributed by atoms with Crippen molar-refractivity contribution in [1.82, 2.24) is 25.8 Å². The third-order valence-corrected chi connectivity index (χ3v) is 7.56. The summed E-state index contributed by atoms with van der Waals surface area (Å²) in [5, 5.41) is 22.9. The topological polar surface area (TPSA) is 156 Å². The Morgan fingerprint density at radius 3 is 2.70 bits per heavy atom. The molecule has 3 aromatic carbocycles. The van der Waals surface area contributed by atoms with Gasteiger partial charge in [0.15, 0.2) is 0 Å². The lowest BCUT2D eigenvalue weighted by Crippen LogP contribution is -2.44. The molecule has 1 atom stereocenters.